The highest BCUT2D eigenvalue weighted by Gasteiger charge is 2.12. The molecule has 1 N–H and O–H groups in total. The first-order chi connectivity index (χ1) is 8.61. The van der Waals surface area contributed by atoms with Crippen molar-refractivity contribution in [2.24, 2.45) is 0 Å². The molecule has 0 aliphatic heterocycles. The van der Waals surface area contributed by atoms with Gasteiger partial charge in [-0.3, -0.25) is 0 Å². The van der Waals surface area contributed by atoms with E-state index in [-0.39, 0.29) is 6.04 Å². The summed E-state index contributed by atoms with van der Waals surface area (Å²) < 4.78 is 0. The Morgan fingerprint density at radius 1 is 1.39 bits per heavy atom. The molecule has 1 aromatic heterocycles. The number of halogens is 2. The van der Waals surface area contributed by atoms with Crippen LogP contribution in [-0.4, -0.2) is 11.5 Å². The molecule has 2 nitrogen and oxygen atoms in total. The van der Waals surface area contributed by atoms with Gasteiger partial charge in [0.05, 0.1) is 10.7 Å². The number of benzene rings is 1. The molecule has 2 rings (SSSR count). The first kappa shape index (κ1) is 13.8. The van der Waals surface area contributed by atoms with Gasteiger partial charge in [0.15, 0.2) is 0 Å². The third-order valence-corrected chi connectivity index (χ3v) is 4.09. The van der Waals surface area contributed by atoms with Gasteiger partial charge in [-0.25, -0.2) is 4.98 Å². The van der Waals surface area contributed by atoms with Gasteiger partial charge in [-0.2, -0.15) is 0 Å². The zero-order valence-corrected chi connectivity index (χ0v) is 12.5. The summed E-state index contributed by atoms with van der Waals surface area (Å²) in [5.74, 6) is 0. The quantitative estimate of drug-likeness (QED) is 0.878. The Hall–Kier alpha value is -0.610. The summed E-state index contributed by atoms with van der Waals surface area (Å²) in [6.07, 6.45) is 0. The molecule has 1 unspecified atom stereocenters. The minimum Gasteiger partial charge on any atom is -0.309 e. The van der Waals surface area contributed by atoms with E-state index < -0.39 is 0 Å². The van der Waals surface area contributed by atoms with Crippen LogP contribution in [0.1, 0.15) is 25.6 Å². The van der Waals surface area contributed by atoms with Gasteiger partial charge in [-0.15, -0.1) is 11.3 Å². The van der Waals surface area contributed by atoms with Crippen LogP contribution in [0.3, 0.4) is 0 Å². The molecular formula is C13H14Cl2N2S. The van der Waals surface area contributed by atoms with Gasteiger partial charge in [0.1, 0.15) is 5.01 Å². The Balaban J connectivity index is 2.32. The second kappa shape index (κ2) is 6.02. The fourth-order valence-electron chi connectivity index (χ4n) is 1.68. The summed E-state index contributed by atoms with van der Waals surface area (Å²) in [5.41, 5.74) is 1.93. The predicted octanol–water partition coefficient (Wildman–Crippen LogP) is 4.79. The molecule has 0 aliphatic carbocycles. The van der Waals surface area contributed by atoms with Crippen molar-refractivity contribution < 1.29 is 0 Å². The third-order valence-electron chi connectivity index (χ3n) is 2.63. The van der Waals surface area contributed by atoms with Crippen molar-refractivity contribution in [1.82, 2.24) is 10.3 Å². The molecule has 0 spiro atoms. The zero-order valence-electron chi connectivity index (χ0n) is 10.2. The lowest BCUT2D eigenvalue weighted by Crippen LogP contribution is -2.17. The molecule has 96 valence electrons. The van der Waals surface area contributed by atoms with Gasteiger partial charge >= 0.3 is 0 Å². The lowest BCUT2D eigenvalue weighted by Gasteiger charge is -2.08. The Kier molecular flexibility index (Phi) is 4.62. The summed E-state index contributed by atoms with van der Waals surface area (Å²) in [7, 11) is 0. The lowest BCUT2D eigenvalue weighted by molar-refractivity contribution is 0.587. The zero-order chi connectivity index (χ0) is 13.1. The maximum absolute atomic E-state index is 6.17. The normalized spacial score (nSPS) is 12.7. The number of rotatable bonds is 4. The van der Waals surface area contributed by atoms with E-state index in [1.165, 1.54) is 0 Å². The van der Waals surface area contributed by atoms with Crippen LogP contribution in [0.4, 0.5) is 0 Å². The fraction of sp³-hybridized carbons (Fsp3) is 0.308. The average molecular weight is 301 g/mol. The molecule has 0 bridgehead atoms. The monoisotopic (exact) mass is 300 g/mol. The van der Waals surface area contributed by atoms with Crippen LogP contribution in [0.2, 0.25) is 10.0 Å². The predicted molar refractivity (Wildman–Crippen MR) is 79.7 cm³/mol. The summed E-state index contributed by atoms with van der Waals surface area (Å²) in [5, 5.41) is 7.65. The van der Waals surface area contributed by atoms with Crippen molar-refractivity contribution in [3.05, 3.63) is 39.3 Å². The van der Waals surface area contributed by atoms with E-state index in [1.54, 1.807) is 23.5 Å². The number of nitrogens with zero attached hydrogens (tertiary/aromatic N) is 1. The lowest BCUT2D eigenvalue weighted by atomic mass is 10.2. The Labute approximate surface area is 121 Å². The van der Waals surface area contributed by atoms with Crippen molar-refractivity contribution in [1.29, 1.82) is 0 Å². The van der Waals surface area contributed by atoms with Crippen LogP contribution in [0.25, 0.3) is 10.6 Å². The minimum absolute atomic E-state index is 0.248. The van der Waals surface area contributed by atoms with Crippen LogP contribution in [0, 0.1) is 0 Å². The van der Waals surface area contributed by atoms with Crippen molar-refractivity contribution in [3.8, 4) is 10.6 Å². The highest BCUT2D eigenvalue weighted by atomic mass is 35.5. The molecule has 1 aromatic carbocycles. The average Bonchev–Trinajstić information content (AvgIpc) is 2.82. The van der Waals surface area contributed by atoms with Crippen LogP contribution in [0.5, 0.6) is 0 Å². The number of thiazole rings is 1. The van der Waals surface area contributed by atoms with E-state index in [2.05, 4.69) is 29.5 Å². The smallest absolute Gasteiger partial charge is 0.125 e. The van der Waals surface area contributed by atoms with E-state index in [1.807, 2.05) is 6.07 Å². The van der Waals surface area contributed by atoms with Gasteiger partial charge in [-0.05, 0) is 31.7 Å². The topological polar surface area (TPSA) is 24.9 Å². The highest BCUT2D eigenvalue weighted by molar-refractivity contribution is 7.13. The van der Waals surface area contributed by atoms with Gasteiger partial charge in [-0.1, -0.05) is 30.1 Å². The molecule has 0 radical (unpaired) electrons. The van der Waals surface area contributed by atoms with Gasteiger partial charge in [0.2, 0.25) is 0 Å². The Morgan fingerprint density at radius 3 is 2.89 bits per heavy atom. The SMILES string of the molecule is CCNC(C)c1csc(-c2cc(Cl)ccc2Cl)n1. The van der Waals surface area contributed by atoms with E-state index in [4.69, 9.17) is 23.2 Å². The second-order valence-electron chi connectivity index (χ2n) is 3.98. The molecule has 0 saturated carbocycles. The Bertz CT molecular complexity index is 540. The first-order valence-electron chi connectivity index (χ1n) is 5.76. The van der Waals surface area contributed by atoms with Gasteiger partial charge in [0.25, 0.3) is 0 Å². The van der Waals surface area contributed by atoms with E-state index in [0.29, 0.717) is 10.0 Å². The minimum atomic E-state index is 0.248. The summed E-state index contributed by atoms with van der Waals surface area (Å²) in [6.45, 7) is 5.10. The number of hydrogen-bond donors (Lipinski definition) is 1. The number of nitrogens with one attached hydrogen (secondary N) is 1. The molecule has 1 atom stereocenters. The van der Waals surface area contributed by atoms with Gasteiger partial charge < -0.3 is 5.32 Å². The Morgan fingerprint density at radius 2 is 2.17 bits per heavy atom. The van der Waals surface area contributed by atoms with Crippen molar-refractivity contribution in [3.63, 3.8) is 0 Å². The maximum Gasteiger partial charge on any atom is 0.125 e. The van der Waals surface area contributed by atoms with Crippen LogP contribution >= 0.6 is 34.5 Å². The standard InChI is InChI=1S/C13H14Cl2N2S/c1-3-16-8(2)12-7-18-13(17-12)10-6-9(14)4-5-11(10)15/h4-8,16H,3H2,1-2H3. The summed E-state index contributed by atoms with van der Waals surface area (Å²) in [4.78, 5) is 4.61. The third kappa shape index (κ3) is 3.04. The molecular weight excluding hydrogens is 287 g/mol. The van der Waals surface area contributed by atoms with Crippen LogP contribution in [-0.2, 0) is 0 Å². The van der Waals surface area contributed by atoms with Gasteiger partial charge in [0, 0.05) is 22.0 Å². The van der Waals surface area contributed by atoms with Crippen LogP contribution in [0.15, 0.2) is 23.6 Å². The van der Waals surface area contributed by atoms with E-state index in [0.717, 1.165) is 22.8 Å². The van der Waals surface area contributed by atoms with E-state index in [9.17, 15) is 0 Å². The molecule has 18 heavy (non-hydrogen) atoms. The molecule has 0 aliphatic rings. The maximum atomic E-state index is 6.17. The largest absolute Gasteiger partial charge is 0.309 e. The molecule has 0 amide bonds. The molecule has 2 aromatic rings. The first-order valence-corrected chi connectivity index (χ1v) is 7.39. The van der Waals surface area contributed by atoms with Crippen molar-refractivity contribution in [2.45, 2.75) is 19.9 Å². The number of aromatic nitrogens is 1. The summed E-state index contributed by atoms with van der Waals surface area (Å²) >= 11 is 13.8. The number of hydrogen-bond acceptors (Lipinski definition) is 3. The van der Waals surface area contributed by atoms with Crippen LogP contribution < -0.4 is 5.32 Å². The van der Waals surface area contributed by atoms with E-state index >= 15 is 0 Å². The second-order valence-corrected chi connectivity index (χ2v) is 5.68. The molecule has 1 heterocycles. The molecule has 5 heteroatoms. The van der Waals surface area contributed by atoms with Crippen molar-refractivity contribution >= 4 is 34.5 Å². The highest BCUT2D eigenvalue weighted by Crippen LogP contribution is 2.33. The van der Waals surface area contributed by atoms with Crippen molar-refractivity contribution in [2.75, 3.05) is 6.54 Å². The summed E-state index contributed by atoms with van der Waals surface area (Å²) in [6, 6.07) is 5.68. The molecule has 0 saturated heterocycles. The molecule has 0 fully saturated rings. The fourth-order valence-corrected chi connectivity index (χ4v) is 3.06.